The van der Waals surface area contributed by atoms with Crippen molar-refractivity contribution >= 4 is 22.6 Å². The van der Waals surface area contributed by atoms with Gasteiger partial charge >= 0.3 is 0 Å². The minimum Gasteiger partial charge on any atom is -0.493 e. The van der Waals surface area contributed by atoms with Crippen molar-refractivity contribution in [3.8, 4) is 11.5 Å². The molecule has 0 aliphatic rings. The number of methoxy groups -OCH3 is 2. The van der Waals surface area contributed by atoms with Gasteiger partial charge < -0.3 is 14.0 Å². The molecule has 2 aromatic rings. The molecule has 0 aliphatic heterocycles. The van der Waals surface area contributed by atoms with Crippen molar-refractivity contribution in [2.24, 2.45) is 0 Å². The number of rotatable bonds is 3. The summed E-state index contributed by atoms with van der Waals surface area (Å²) in [6.07, 6.45) is 0. The van der Waals surface area contributed by atoms with E-state index in [2.05, 4.69) is 30.3 Å². The van der Waals surface area contributed by atoms with E-state index in [9.17, 15) is 0 Å². The van der Waals surface area contributed by atoms with Crippen LogP contribution in [0.5, 0.6) is 11.5 Å². The molecule has 2 rings (SSSR count). The SMILES string of the molecule is COc1cc2nc(C(C)Cl)n(C(C)(C)C)c2cc1OC. The molecule has 0 radical (unpaired) electrons. The molecule has 110 valence electrons. The predicted octanol–water partition coefficient (Wildman–Crippen LogP) is 4.11. The summed E-state index contributed by atoms with van der Waals surface area (Å²) >= 11 is 6.29. The molecule has 0 spiro atoms. The van der Waals surface area contributed by atoms with Crippen molar-refractivity contribution in [1.29, 1.82) is 0 Å². The van der Waals surface area contributed by atoms with Crippen LogP contribution in [0, 0.1) is 0 Å². The van der Waals surface area contributed by atoms with Crippen molar-refractivity contribution in [3.05, 3.63) is 18.0 Å². The fourth-order valence-electron chi connectivity index (χ4n) is 2.39. The molecule has 0 bridgehead atoms. The van der Waals surface area contributed by atoms with E-state index in [1.165, 1.54) is 0 Å². The first-order valence-corrected chi connectivity index (χ1v) is 7.02. The van der Waals surface area contributed by atoms with Crippen molar-refractivity contribution < 1.29 is 9.47 Å². The zero-order valence-corrected chi connectivity index (χ0v) is 13.6. The lowest BCUT2D eigenvalue weighted by molar-refractivity contribution is 0.355. The number of nitrogens with zero attached hydrogens (tertiary/aromatic N) is 2. The summed E-state index contributed by atoms with van der Waals surface area (Å²) in [5.41, 5.74) is 1.74. The Hall–Kier alpha value is -1.42. The first-order chi connectivity index (χ1) is 9.29. The highest BCUT2D eigenvalue weighted by Crippen LogP contribution is 2.36. The summed E-state index contributed by atoms with van der Waals surface area (Å²) in [6.45, 7) is 8.33. The highest BCUT2D eigenvalue weighted by atomic mass is 35.5. The third kappa shape index (κ3) is 2.44. The second kappa shape index (κ2) is 5.17. The summed E-state index contributed by atoms with van der Waals surface area (Å²) in [4.78, 5) is 4.66. The van der Waals surface area contributed by atoms with Crippen molar-refractivity contribution in [2.45, 2.75) is 38.6 Å². The van der Waals surface area contributed by atoms with Crippen molar-refractivity contribution in [2.75, 3.05) is 14.2 Å². The number of hydrogen-bond acceptors (Lipinski definition) is 3. The quantitative estimate of drug-likeness (QED) is 0.800. The third-order valence-electron chi connectivity index (χ3n) is 3.21. The lowest BCUT2D eigenvalue weighted by atomic mass is 10.1. The molecule has 1 aromatic heterocycles. The van der Waals surface area contributed by atoms with Crippen LogP contribution in [-0.4, -0.2) is 23.8 Å². The minimum atomic E-state index is -0.168. The molecule has 4 nitrogen and oxygen atoms in total. The van der Waals surface area contributed by atoms with Gasteiger partial charge in [0.1, 0.15) is 5.82 Å². The summed E-state index contributed by atoms with van der Waals surface area (Å²) in [5.74, 6) is 2.22. The van der Waals surface area contributed by atoms with Crippen LogP contribution in [-0.2, 0) is 5.54 Å². The molecule has 20 heavy (non-hydrogen) atoms. The zero-order chi connectivity index (χ0) is 15.1. The third-order valence-corrected chi connectivity index (χ3v) is 3.41. The normalized spacial score (nSPS) is 13.6. The maximum Gasteiger partial charge on any atom is 0.163 e. The minimum absolute atomic E-state index is 0.118. The van der Waals surface area contributed by atoms with E-state index in [-0.39, 0.29) is 10.9 Å². The average molecular weight is 297 g/mol. The van der Waals surface area contributed by atoms with Gasteiger partial charge in [0.05, 0.1) is 30.6 Å². The second-order valence-corrected chi connectivity index (χ2v) is 6.44. The second-order valence-electron chi connectivity index (χ2n) is 5.79. The van der Waals surface area contributed by atoms with Crippen LogP contribution < -0.4 is 9.47 Å². The molecule has 1 unspecified atom stereocenters. The number of aromatic nitrogens is 2. The Balaban J connectivity index is 2.83. The number of benzene rings is 1. The van der Waals surface area contributed by atoms with Gasteiger partial charge in [0, 0.05) is 17.7 Å². The van der Waals surface area contributed by atoms with Gasteiger partial charge in [0.15, 0.2) is 11.5 Å². The topological polar surface area (TPSA) is 36.3 Å². The van der Waals surface area contributed by atoms with Gasteiger partial charge in [0.2, 0.25) is 0 Å². The van der Waals surface area contributed by atoms with Crippen LogP contribution in [0.3, 0.4) is 0 Å². The van der Waals surface area contributed by atoms with E-state index in [0.717, 1.165) is 16.9 Å². The molecule has 1 atom stereocenters. The van der Waals surface area contributed by atoms with E-state index in [1.54, 1.807) is 14.2 Å². The molecular formula is C15H21ClN2O2. The number of halogens is 1. The predicted molar refractivity (Wildman–Crippen MR) is 82.1 cm³/mol. The lowest BCUT2D eigenvalue weighted by Gasteiger charge is -2.25. The maximum atomic E-state index is 6.29. The van der Waals surface area contributed by atoms with Crippen molar-refractivity contribution in [1.82, 2.24) is 9.55 Å². The molecule has 0 fully saturated rings. The molecule has 0 saturated heterocycles. The summed E-state index contributed by atoms with van der Waals surface area (Å²) in [7, 11) is 3.25. The highest BCUT2D eigenvalue weighted by molar-refractivity contribution is 6.20. The summed E-state index contributed by atoms with van der Waals surface area (Å²) in [6, 6.07) is 3.84. The number of alkyl halides is 1. The Morgan fingerprint density at radius 1 is 1.15 bits per heavy atom. The molecule has 1 heterocycles. The largest absolute Gasteiger partial charge is 0.493 e. The summed E-state index contributed by atoms with van der Waals surface area (Å²) in [5, 5.41) is -0.168. The van der Waals surface area contributed by atoms with Crippen LogP contribution in [0.2, 0.25) is 0 Å². The maximum absolute atomic E-state index is 6.29. The van der Waals surface area contributed by atoms with Crippen molar-refractivity contribution in [3.63, 3.8) is 0 Å². The fraction of sp³-hybridized carbons (Fsp3) is 0.533. The van der Waals surface area contributed by atoms with Gasteiger partial charge in [-0.1, -0.05) is 0 Å². The van der Waals surface area contributed by atoms with Crippen LogP contribution in [0.15, 0.2) is 12.1 Å². The molecular weight excluding hydrogens is 276 g/mol. The van der Waals surface area contributed by atoms with Gasteiger partial charge in [0.25, 0.3) is 0 Å². The number of imidazole rings is 1. The van der Waals surface area contributed by atoms with E-state index < -0.39 is 0 Å². The standard InChI is InChI=1S/C15H21ClN2O2/c1-9(16)14-17-10-7-12(19-5)13(20-6)8-11(10)18(14)15(2,3)4/h7-9H,1-6H3. The van der Waals surface area contributed by atoms with E-state index in [4.69, 9.17) is 21.1 Å². The smallest absolute Gasteiger partial charge is 0.163 e. The first kappa shape index (κ1) is 15.0. The Morgan fingerprint density at radius 2 is 1.70 bits per heavy atom. The molecule has 0 amide bonds. The van der Waals surface area contributed by atoms with Crippen LogP contribution in [0.4, 0.5) is 0 Å². The lowest BCUT2D eigenvalue weighted by Crippen LogP contribution is -2.24. The Labute approximate surface area is 124 Å². The van der Waals surface area contributed by atoms with Crippen LogP contribution in [0.1, 0.15) is 38.9 Å². The molecule has 0 N–H and O–H groups in total. The Morgan fingerprint density at radius 3 is 2.15 bits per heavy atom. The molecule has 0 aliphatic carbocycles. The zero-order valence-electron chi connectivity index (χ0n) is 12.8. The summed E-state index contributed by atoms with van der Waals surface area (Å²) < 4.78 is 12.9. The highest BCUT2D eigenvalue weighted by Gasteiger charge is 2.25. The van der Waals surface area contributed by atoms with Crippen LogP contribution >= 0.6 is 11.6 Å². The average Bonchev–Trinajstić information content (AvgIpc) is 2.75. The Bertz CT molecular complexity index is 627. The van der Waals surface area contributed by atoms with Crippen LogP contribution in [0.25, 0.3) is 11.0 Å². The number of fused-ring (bicyclic) bond motifs is 1. The van der Waals surface area contributed by atoms with E-state index in [0.29, 0.717) is 11.5 Å². The molecule has 0 saturated carbocycles. The van der Waals surface area contributed by atoms with E-state index >= 15 is 0 Å². The fourth-order valence-corrected chi connectivity index (χ4v) is 2.54. The van der Waals surface area contributed by atoms with Gasteiger partial charge in [-0.3, -0.25) is 0 Å². The number of hydrogen-bond donors (Lipinski definition) is 0. The monoisotopic (exact) mass is 296 g/mol. The van der Waals surface area contributed by atoms with Gasteiger partial charge in [-0.05, 0) is 27.7 Å². The van der Waals surface area contributed by atoms with Gasteiger partial charge in [-0.25, -0.2) is 4.98 Å². The Kier molecular flexibility index (Phi) is 3.87. The van der Waals surface area contributed by atoms with Gasteiger partial charge in [-0.15, -0.1) is 11.6 Å². The number of ether oxygens (including phenoxy) is 2. The molecule has 1 aromatic carbocycles. The van der Waals surface area contributed by atoms with E-state index in [1.807, 2.05) is 19.1 Å². The first-order valence-electron chi connectivity index (χ1n) is 6.58. The molecule has 5 heteroatoms. The van der Waals surface area contributed by atoms with Gasteiger partial charge in [-0.2, -0.15) is 0 Å².